The summed E-state index contributed by atoms with van der Waals surface area (Å²) in [5.41, 5.74) is -0.776. The van der Waals surface area contributed by atoms with Crippen molar-refractivity contribution in [2.75, 3.05) is 18.5 Å². The van der Waals surface area contributed by atoms with Gasteiger partial charge in [0.25, 0.3) is 0 Å². The summed E-state index contributed by atoms with van der Waals surface area (Å²) in [5, 5.41) is 13.8. The zero-order valence-corrected chi connectivity index (χ0v) is 22.3. The van der Waals surface area contributed by atoms with Crippen LogP contribution in [0, 0.1) is 11.8 Å². The minimum absolute atomic E-state index is 0.177. The number of aliphatic hydroxyl groups excluding tert-OH is 1. The largest absolute Gasteiger partial charge is 0.466 e. The fourth-order valence-electron chi connectivity index (χ4n) is 6.84. The van der Waals surface area contributed by atoms with Crippen molar-refractivity contribution >= 4 is 35.1 Å². The fourth-order valence-corrected chi connectivity index (χ4v) is 7.02. The molecule has 3 aliphatic rings. The molecular weight excluding hydrogens is 508 g/mol. The zero-order chi connectivity index (χ0) is 27.1. The number of hydrogen-bond acceptors (Lipinski definition) is 6. The van der Waals surface area contributed by atoms with Gasteiger partial charge in [0, 0.05) is 0 Å². The first-order valence-electron chi connectivity index (χ1n) is 13.2. The van der Waals surface area contributed by atoms with Crippen LogP contribution in [0.1, 0.15) is 38.7 Å². The highest BCUT2D eigenvalue weighted by atomic mass is 35.5. The van der Waals surface area contributed by atoms with E-state index in [1.807, 2.05) is 37.3 Å². The van der Waals surface area contributed by atoms with Crippen molar-refractivity contribution in [2.45, 2.75) is 62.8 Å². The average Bonchev–Trinajstić information content (AvgIpc) is 3.53. The number of ether oxygens (including phenoxy) is 2. The summed E-state index contributed by atoms with van der Waals surface area (Å²) in [4.78, 5) is 43.1. The number of esters is 1. The highest BCUT2D eigenvalue weighted by molar-refractivity contribution is 6.33. The number of carbonyl (C=O) groups is 3. The van der Waals surface area contributed by atoms with Gasteiger partial charge in [-0.2, -0.15) is 0 Å². The molecule has 8 nitrogen and oxygen atoms in total. The Morgan fingerprint density at radius 1 is 1.16 bits per heavy atom. The zero-order valence-electron chi connectivity index (χ0n) is 21.6. The van der Waals surface area contributed by atoms with Crippen LogP contribution in [-0.4, -0.2) is 64.3 Å². The number of anilines is 1. The summed E-state index contributed by atoms with van der Waals surface area (Å²) in [5.74, 6) is -3.03. The maximum atomic E-state index is 14.3. The molecule has 2 bridgehead atoms. The lowest BCUT2D eigenvalue weighted by atomic mass is 9.65. The SMILES string of the molecule is CCOC(=O)[C@H]1[C@H]2C(=O)N([C@@H](CO)Cc3ccccc3)C(C(=O)Nc3ccccc3Cl)C23CC[C@]1(CC)O3. The van der Waals surface area contributed by atoms with Crippen molar-refractivity contribution in [1.29, 1.82) is 0 Å². The summed E-state index contributed by atoms with van der Waals surface area (Å²) < 4.78 is 12.1. The van der Waals surface area contributed by atoms with E-state index in [1.54, 1.807) is 31.2 Å². The van der Waals surface area contributed by atoms with Gasteiger partial charge in [0.2, 0.25) is 11.8 Å². The normalized spacial score (nSPS) is 30.3. The van der Waals surface area contributed by atoms with Gasteiger partial charge in [-0.15, -0.1) is 0 Å². The first-order valence-corrected chi connectivity index (χ1v) is 13.6. The van der Waals surface area contributed by atoms with E-state index in [-0.39, 0.29) is 19.1 Å². The number of fused-ring (bicyclic) bond motifs is 1. The summed E-state index contributed by atoms with van der Waals surface area (Å²) >= 11 is 6.34. The molecule has 2 N–H and O–H groups in total. The lowest BCUT2D eigenvalue weighted by Crippen LogP contribution is -2.57. The summed E-state index contributed by atoms with van der Waals surface area (Å²) in [6.07, 6.45) is 1.82. The number of hydrogen-bond donors (Lipinski definition) is 2. The van der Waals surface area contributed by atoms with Crippen LogP contribution in [0.4, 0.5) is 5.69 Å². The number of likely N-dealkylation sites (tertiary alicyclic amines) is 1. The molecule has 9 heteroatoms. The monoisotopic (exact) mass is 540 g/mol. The molecule has 3 heterocycles. The highest BCUT2D eigenvalue weighted by Gasteiger charge is 2.79. The maximum absolute atomic E-state index is 14.3. The Kier molecular flexibility index (Phi) is 7.24. The van der Waals surface area contributed by atoms with E-state index in [0.717, 1.165) is 5.56 Å². The third-order valence-electron chi connectivity index (χ3n) is 8.46. The van der Waals surface area contributed by atoms with Crippen LogP contribution < -0.4 is 5.32 Å². The van der Waals surface area contributed by atoms with Crippen molar-refractivity contribution in [2.24, 2.45) is 11.8 Å². The van der Waals surface area contributed by atoms with Crippen molar-refractivity contribution in [1.82, 2.24) is 4.90 Å². The summed E-state index contributed by atoms with van der Waals surface area (Å²) in [6.45, 7) is 3.47. The molecule has 2 unspecified atom stereocenters. The first-order chi connectivity index (χ1) is 18.3. The van der Waals surface area contributed by atoms with Crippen LogP contribution in [0.15, 0.2) is 54.6 Å². The van der Waals surface area contributed by atoms with Crippen molar-refractivity contribution < 1.29 is 29.0 Å². The molecule has 0 saturated carbocycles. The molecule has 0 aromatic heterocycles. The van der Waals surface area contributed by atoms with Gasteiger partial charge in [-0.25, -0.2) is 0 Å². The summed E-state index contributed by atoms with van der Waals surface area (Å²) in [7, 11) is 0. The Hall–Kier alpha value is -2.94. The molecule has 2 aromatic rings. The minimum Gasteiger partial charge on any atom is -0.466 e. The molecule has 0 aliphatic carbocycles. The number of aliphatic hydroxyl groups is 1. The van der Waals surface area contributed by atoms with Crippen LogP contribution in [-0.2, 0) is 30.3 Å². The minimum atomic E-state index is -1.22. The fraction of sp³-hybridized carbons (Fsp3) is 0.483. The maximum Gasteiger partial charge on any atom is 0.312 e. The number of carbonyl (C=O) groups excluding carboxylic acids is 3. The number of nitrogens with zero attached hydrogens (tertiary/aromatic N) is 1. The van der Waals surface area contributed by atoms with Gasteiger partial charge in [-0.05, 0) is 50.3 Å². The van der Waals surface area contributed by atoms with Gasteiger partial charge in [-0.1, -0.05) is 61.0 Å². The van der Waals surface area contributed by atoms with Crippen LogP contribution in [0.25, 0.3) is 0 Å². The Balaban J connectivity index is 1.59. The van der Waals surface area contributed by atoms with Crippen LogP contribution in [0.3, 0.4) is 0 Å². The number of halogens is 1. The van der Waals surface area contributed by atoms with Crippen molar-refractivity contribution in [3.05, 3.63) is 65.2 Å². The van der Waals surface area contributed by atoms with Gasteiger partial charge >= 0.3 is 5.97 Å². The Labute approximate surface area is 227 Å². The molecular formula is C29H33ClN2O6. The predicted octanol–water partition coefficient (Wildman–Crippen LogP) is 3.60. The second-order valence-electron chi connectivity index (χ2n) is 10.3. The lowest BCUT2D eigenvalue weighted by molar-refractivity contribution is -0.161. The highest BCUT2D eigenvalue weighted by Crippen LogP contribution is 2.64. The molecule has 3 saturated heterocycles. The topological polar surface area (TPSA) is 105 Å². The van der Waals surface area contributed by atoms with E-state index >= 15 is 0 Å². The average molecular weight is 541 g/mol. The van der Waals surface area contributed by atoms with Gasteiger partial charge in [0.1, 0.15) is 17.6 Å². The van der Waals surface area contributed by atoms with E-state index in [2.05, 4.69) is 5.32 Å². The summed E-state index contributed by atoms with van der Waals surface area (Å²) in [6, 6.07) is 14.6. The standard InChI is InChI=1S/C29H33ClN2O6/c1-3-28-14-15-29(38-28)22(23(28)27(36)37-4-2)26(35)32(19(17-33)16-18-10-6-5-7-11-18)24(29)25(34)31-21-13-9-8-12-20(21)30/h5-13,19,22-24,33H,3-4,14-17H2,1-2H3,(H,31,34)/t19-,22+,23-,24?,28+,29?/m1/s1. The number of amides is 2. The molecule has 1 spiro atoms. The molecule has 202 valence electrons. The number of nitrogens with one attached hydrogen (secondary N) is 1. The molecule has 0 radical (unpaired) electrons. The molecule has 38 heavy (non-hydrogen) atoms. The van der Waals surface area contributed by atoms with E-state index < -0.39 is 47.0 Å². The first kappa shape index (κ1) is 26.7. The van der Waals surface area contributed by atoms with E-state index in [4.69, 9.17) is 21.1 Å². The molecule has 2 aromatic carbocycles. The van der Waals surface area contributed by atoms with E-state index in [1.165, 1.54) is 4.90 Å². The smallest absolute Gasteiger partial charge is 0.312 e. The second-order valence-corrected chi connectivity index (χ2v) is 10.7. The lowest BCUT2D eigenvalue weighted by Gasteiger charge is -2.37. The van der Waals surface area contributed by atoms with Crippen LogP contribution in [0.2, 0.25) is 5.02 Å². The molecule has 2 amide bonds. The molecule has 5 rings (SSSR count). The van der Waals surface area contributed by atoms with Gasteiger partial charge in [0.05, 0.1) is 41.5 Å². The quantitative estimate of drug-likeness (QED) is 0.471. The van der Waals surface area contributed by atoms with Crippen LogP contribution in [0.5, 0.6) is 0 Å². The molecule has 6 atom stereocenters. The van der Waals surface area contributed by atoms with Gasteiger partial charge in [0.15, 0.2) is 0 Å². The van der Waals surface area contributed by atoms with E-state index in [0.29, 0.717) is 36.4 Å². The van der Waals surface area contributed by atoms with Crippen molar-refractivity contribution in [3.63, 3.8) is 0 Å². The van der Waals surface area contributed by atoms with Crippen LogP contribution >= 0.6 is 11.6 Å². The van der Waals surface area contributed by atoms with Crippen molar-refractivity contribution in [3.8, 4) is 0 Å². The van der Waals surface area contributed by atoms with Gasteiger partial charge in [-0.3, -0.25) is 14.4 Å². The Morgan fingerprint density at radius 3 is 2.53 bits per heavy atom. The number of benzene rings is 2. The Bertz CT molecular complexity index is 1220. The van der Waals surface area contributed by atoms with Gasteiger partial charge < -0.3 is 24.8 Å². The number of rotatable bonds is 9. The van der Waals surface area contributed by atoms with E-state index in [9.17, 15) is 19.5 Å². The number of para-hydroxylation sites is 1. The third-order valence-corrected chi connectivity index (χ3v) is 8.79. The molecule has 3 fully saturated rings. The molecule has 3 aliphatic heterocycles. The third kappa shape index (κ3) is 4.10. The second kappa shape index (κ2) is 10.3. The predicted molar refractivity (Wildman–Crippen MR) is 141 cm³/mol. The Morgan fingerprint density at radius 2 is 1.87 bits per heavy atom.